The van der Waals surface area contributed by atoms with Crippen LogP contribution in [-0.4, -0.2) is 61.8 Å². The first-order valence-electron chi connectivity index (χ1n) is 10.4. The number of hydrogen-bond donors (Lipinski definition) is 0. The van der Waals surface area contributed by atoms with Crippen LogP contribution >= 0.6 is 0 Å². The summed E-state index contributed by atoms with van der Waals surface area (Å²) in [5.41, 5.74) is 0.399. The fourth-order valence-electron chi connectivity index (χ4n) is 4.11. The maximum Gasteiger partial charge on any atom is 0.328 e. The van der Waals surface area contributed by atoms with Crippen LogP contribution in [0.2, 0.25) is 0 Å². The van der Waals surface area contributed by atoms with E-state index in [0.29, 0.717) is 31.4 Å². The lowest BCUT2D eigenvalue weighted by atomic mass is 9.93. The van der Waals surface area contributed by atoms with E-state index in [-0.39, 0.29) is 42.4 Å². The molecule has 1 aromatic carbocycles. The van der Waals surface area contributed by atoms with Crippen LogP contribution in [0.25, 0.3) is 0 Å². The quantitative estimate of drug-likeness (QED) is 0.657. The highest BCUT2D eigenvalue weighted by Gasteiger charge is 2.39. The number of amides is 1. The molecule has 0 N–H and O–H groups in total. The van der Waals surface area contributed by atoms with E-state index in [1.807, 2.05) is 6.07 Å². The average molecular weight is 434 g/mol. The number of sulfonamides is 1. The first-order valence-corrected chi connectivity index (χ1v) is 11.8. The van der Waals surface area contributed by atoms with Gasteiger partial charge in [-0.1, -0.05) is 0 Å². The maximum absolute atomic E-state index is 13.1. The molecule has 1 unspecified atom stereocenters. The Morgan fingerprint density at radius 3 is 2.37 bits per heavy atom. The maximum atomic E-state index is 13.1. The molecule has 0 saturated carbocycles. The second-order valence-corrected chi connectivity index (χ2v) is 9.55. The summed E-state index contributed by atoms with van der Waals surface area (Å²) in [5.74, 6) is -0.734. The number of benzene rings is 1. The third kappa shape index (κ3) is 4.65. The van der Waals surface area contributed by atoms with E-state index in [0.717, 1.165) is 12.8 Å². The Bertz CT molecular complexity index is 915. The molecule has 2 aliphatic heterocycles. The summed E-state index contributed by atoms with van der Waals surface area (Å²) in [6.45, 7) is 3.05. The summed E-state index contributed by atoms with van der Waals surface area (Å²) < 4.78 is 32.3. The van der Waals surface area contributed by atoms with Crippen molar-refractivity contribution in [3.8, 4) is 6.07 Å². The van der Waals surface area contributed by atoms with Crippen molar-refractivity contribution in [1.82, 2.24) is 9.21 Å². The summed E-state index contributed by atoms with van der Waals surface area (Å²) in [7, 11) is -3.67. The predicted molar refractivity (Wildman–Crippen MR) is 109 cm³/mol. The zero-order valence-electron chi connectivity index (χ0n) is 17.1. The number of rotatable bonds is 5. The third-order valence-electron chi connectivity index (χ3n) is 5.77. The van der Waals surface area contributed by atoms with E-state index in [2.05, 4.69) is 0 Å². The van der Waals surface area contributed by atoms with Crippen molar-refractivity contribution in [3.05, 3.63) is 29.8 Å². The van der Waals surface area contributed by atoms with Crippen molar-refractivity contribution < 1.29 is 22.7 Å². The standard InChI is InChI=1S/C21H27N3O5S/c1-2-29-21(26)19-5-3-4-12-24(19)20(25)17-10-13-23(14-11-17)30(27,28)18-8-6-16(15-22)7-9-18/h6-9,17,19H,2-5,10-14H2,1H3. The molecule has 2 aliphatic rings. The second kappa shape index (κ2) is 9.58. The van der Waals surface area contributed by atoms with Crippen molar-refractivity contribution in [2.75, 3.05) is 26.2 Å². The largest absolute Gasteiger partial charge is 0.464 e. The van der Waals surface area contributed by atoms with Crippen LogP contribution in [0.3, 0.4) is 0 Å². The van der Waals surface area contributed by atoms with Gasteiger partial charge in [0, 0.05) is 25.6 Å². The lowest BCUT2D eigenvalue weighted by Crippen LogP contribution is -2.52. The lowest BCUT2D eigenvalue weighted by Gasteiger charge is -2.38. The van der Waals surface area contributed by atoms with E-state index >= 15 is 0 Å². The molecule has 0 radical (unpaired) electrons. The Kier molecular flexibility index (Phi) is 7.10. The molecule has 0 bridgehead atoms. The fraction of sp³-hybridized carbons (Fsp3) is 0.571. The Morgan fingerprint density at radius 2 is 1.77 bits per heavy atom. The SMILES string of the molecule is CCOC(=O)C1CCCCN1C(=O)C1CCN(S(=O)(=O)c2ccc(C#N)cc2)CC1. The number of nitriles is 1. The zero-order valence-corrected chi connectivity index (χ0v) is 17.9. The van der Waals surface area contributed by atoms with Gasteiger partial charge in [-0.05, 0) is 63.3 Å². The number of nitrogens with zero attached hydrogens (tertiary/aromatic N) is 3. The second-order valence-electron chi connectivity index (χ2n) is 7.61. The van der Waals surface area contributed by atoms with Gasteiger partial charge in [0.2, 0.25) is 15.9 Å². The topological polar surface area (TPSA) is 108 Å². The van der Waals surface area contributed by atoms with Crippen LogP contribution < -0.4 is 0 Å². The van der Waals surface area contributed by atoms with Crippen molar-refractivity contribution >= 4 is 21.9 Å². The molecule has 1 amide bonds. The Balaban J connectivity index is 1.64. The molecule has 9 heteroatoms. The van der Waals surface area contributed by atoms with Gasteiger partial charge in [0.05, 0.1) is 23.1 Å². The number of likely N-dealkylation sites (tertiary alicyclic amines) is 1. The Labute approximate surface area is 177 Å². The van der Waals surface area contributed by atoms with Crippen LogP contribution in [0.1, 0.15) is 44.6 Å². The normalized spacial score (nSPS) is 21.1. The van der Waals surface area contributed by atoms with Gasteiger partial charge in [-0.25, -0.2) is 13.2 Å². The van der Waals surface area contributed by atoms with Crippen molar-refractivity contribution in [2.45, 2.75) is 50.0 Å². The van der Waals surface area contributed by atoms with Gasteiger partial charge in [0.15, 0.2) is 0 Å². The van der Waals surface area contributed by atoms with Gasteiger partial charge in [-0.3, -0.25) is 4.79 Å². The minimum absolute atomic E-state index is 0.0804. The minimum atomic E-state index is -3.67. The molecule has 162 valence electrons. The van der Waals surface area contributed by atoms with Crippen LogP contribution in [0.4, 0.5) is 0 Å². The van der Waals surface area contributed by atoms with Crippen molar-refractivity contribution in [1.29, 1.82) is 5.26 Å². The Morgan fingerprint density at radius 1 is 1.10 bits per heavy atom. The van der Waals surface area contributed by atoms with Crippen LogP contribution in [-0.2, 0) is 24.3 Å². The number of carbonyl (C=O) groups excluding carboxylic acids is 2. The number of esters is 1. The molecule has 0 aromatic heterocycles. The van der Waals surface area contributed by atoms with E-state index in [1.54, 1.807) is 11.8 Å². The molecule has 30 heavy (non-hydrogen) atoms. The highest BCUT2D eigenvalue weighted by atomic mass is 32.2. The molecule has 2 fully saturated rings. The highest BCUT2D eigenvalue weighted by Crippen LogP contribution is 2.28. The van der Waals surface area contributed by atoms with Crippen LogP contribution in [0.5, 0.6) is 0 Å². The van der Waals surface area contributed by atoms with E-state index < -0.39 is 16.1 Å². The van der Waals surface area contributed by atoms with Crippen molar-refractivity contribution in [3.63, 3.8) is 0 Å². The number of carbonyl (C=O) groups is 2. The lowest BCUT2D eigenvalue weighted by molar-refractivity contribution is -0.158. The van der Waals surface area contributed by atoms with Gasteiger partial charge in [0.1, 0.15) is 6.04 Å². The highest BCUT2D eigenvalue weighted by molar-refractivity contribution is 7.89. The molecule has 1 atom stereocenters. The van der Waals surface area contributed by atoms with Crippen LogP contribution in [0.15, 0.2) is 29.2 Å². The first kappa shape index (κ1) is 22.2. The molecule has 3 rings (SSSR count). The molecule has 1 aromatic rings. The number of hydrogen-bond acceptors (Lipinski definition) is 6. The third-order valence-corrected chi connectivity index (χ3v) is 7.68. The van der Waals surface area contributed by atoms with E-state index in [4.69, 9.17) is 10.00 Å². The van der Waals surface area contributed by atoms with Gasteiger partial charge >= 0.3 is 5.97 Å². The molecule has 8 nitrogen and oxygen atoms in total. The zero-order chi connectivity index (χ0) is 21.7. The fourth-order valence-corrected chi connectivity index (χ4v) is 5.58. The smallest absolute Gasteiger partial charge is 0.328 e. The predicted octanol–water partition coefficient (Wildman–Crippen LogP) is 1.90. The number of piperidine rings is 2. The van der Waals surface area contributed by atoms with Gasteiger partial charge in [0.25, 0.3) is 0 Å². The first-order chi connectivity index (χ1) is 14.4. The van der Waals surface area contributed by atoms with E-state index in [1.165, 1.54) is 28.6 Å². The summed E-state index contributed by atoms with van der Waals surface area (Å²) >= 11 is 0. The summed E-state index contributed by atoms with van der Waals surface area (Å²) in [4.78, 5) is 27.1. The molecule has 0 aliphatic carbocycles. The van der Waals surface area contributed by atoms with Crippen molar-refractivity contribution in [2.24, 2.45) is 5.92 Å². The monoisotopic (exact) mass is 433 g/mol. The van der Waals surface area contributed by atoms with Gasteiger partial charge < -0.3 is 9.64 Å². The average Bonchev–Trinajstić information content (AvgIpc) is 2.79. The molecule has 2 heterocycles. The van der Waals surface area contributed by atoms with Gasteiger partial charge in [-0.15, -0.1) is 0 Å². The molecule has 2 saturated heterocycles. The molecular formula is C21H27N3O5S. The van der Waals surface area contributed by atoms with Crippen LogP contribution in [0, 0.1) is 17.2 Å². The molecular weight excluding hydrogens is 406 g/mol. The van der Waals surface area contributed by atoms with E-state index in [9.17, 15) is 18.0 Å². The molecule has 0 spiro atoms. The summed E-state index contributed by atoms with van der Waals surface area (Å²) in [6.07, 6.45) is 3.18. The van der Waals surface area contributed by atoms with Gasteiger partial charge in [-0.2, -0.15) is 9.57 Å². The Hall–Kier alpha value is -2.44. The minimum Gasteiger partial charge on any atom is -0.464 e. The summed E-state index contributed by atoms with van der Waals surface area (Å²) in [5, 5.41) is 8.88. The number of ether oxygens (including phenoxy) is 1. The summed E-state index contributed by atoms with van der Waals surface area (Å²) in [6, 6.07) is 7.26.